The zero-order valence-electron chi connectivity index (χ0n) is 11.8. The van der Waals surface area contributed by atoms with E-state index in [0.29, 0.717) is 5.69 Å². The van der Waals surface area contributed by atoms with Gasteiger partial charge in [-0.3, -0.25) is 15.4 Å². The van der Waals surface area contributed by atoms with Crippen LogP contribution in [0.2, 0.25) is 0 Å². The Kier molecular flexibility index (Phi) is 4.92. The Balaban J connectivity index is 1.85. The highest BCUT2D eigenvalue weighted by atomic mass is 16.6. The average molecular weight is 302 g/mol. The minimum Gasteiger partial charge on any atom is -0.497 e. The summed E-state index contributed by atoms with van der Waals surface area (Å²) in [6.45, 7) is 0.114. The molecule has 0 fully saturated rings. The number of carbonyl (C=O) groups is 1. The molecule has 0 aliphatic carbocycles. The minimum atomic E-state index is -0.635. The van der Waals surface area contributed by atoms with Gasteiger partial charge in [-0.1, -0.05) is 12.1 Å². The molecule has 0 atom stereocenters. The number of hydrogen-bond donors (Lipinski definition) is 1. The zero-order chi connectivity index (χ0) is 15.9. The van der Waals surface area contributed by atoms with Crippen molar-refractivity contribution in [3.63, 3.8) is 0 Å². The van der Waals surface area contributed by atoms with Crippen LogP contribution in [-0.4, -0.2) is 18.1 Å². The molecular weight excluding hydrogens is 288 g/mol. The lowest BCUT2D eigenvalue weighted by molar-refractivity contribution is -0.384. The van der Waals surface area contributed by atoms with E-state index in [0.717, 1.165) is 11.3 Å². The first-order valence-electron chi connectivity index (χ1n) is 6.39. The molecule has 0 aliphatic heterocycles. The van der Waals surface area contributed by atoms with Crippen LogP contribution in [0.25, 0.3) is 0 Å². The van der Waals surface area contributed by atoms with Crippen molar-refractivity contribution in [2.24, 2.45) is 0 Å². The van der Waals surface area contributed by atoms with E-state index in [-0.39, 0.29) is 12.3 Å². The van der Waals surface area contributed by atoms with Crippen LogP contribution in [0.15, 0.2) is 48.5 Å². The van der Waals surface area contributed by atoms with Crippen molar-refractivity contribution in [2.45, 2.75) is 6.61 Å². The van der Waals surface area contributed by atoms with E-state index in [9.17, 15) is 14.9 Å². The summed E-state index contributed by atoms with van der Waals surface area (Å²) in [5.41, 5.74) is 1.20. The molecule has 0 unspecified atom stereocenters. The molecule has 1 N–H and O–H groups in total. The molecule has 114 valence electrons. The minimum absolute atomic E-state index is 0.0443. The van der Waals surface area contributed by atoms with E-state index >= 15 is 0 Å². The number of benzene rings is 2. The lowest BCUT2D eigenvalue weighted by Crippen LogP contribution is -2.13. The van der Waals surface area contributed by atoms with E-state index in [1.807, 2.05) is 0 Å². The Bertz CT molecular complexity index is 653. The fourth-order valence-corrected chi connectivity index (χ4v) is 1.69. The van der Waals surface area contributed by atoms with Crippen LogP contribution in [0.5, 0.6) is 5.75 Å². The summed E-state index contributed by atoms with van der Waals surface area (Å²) in [7, 11) is 1.57. The maximum Gasteiger partial charge on any atom is 0.411 e. The first-order chi connectivity index (χ1) is 10.6. The van der Waals surface area contributed by atoms with Gasteiger partial charge in [-0.15, -0.1) is 0 Å². The lowest BCUT2D eigenvalue weighted by Gasteiger charge is -2.07. The Morgan fingerprint density at radius 1 is 1.14 bits per heavy atom. The normalized spacial score (nSPS) is 9.86. The molecule has 7 heteroatoms. The van der Waals surface area contributed by atoms with Gasteiger partial charge >= 0.3 is 6.09 Å². The topological polar surface area (TPSA) is 90.7 Å². The number of rotatable bonds is 5. The van der Waals surface area contributed by atoms with E-state index in [1.54, 1.807) is 31.4 Å². The summed E-state index contributed by atoms with van der Waals surface area (Å²) in [5.74, 6) is 0.721. The Morgan fingerprint density at radius 2 is 1.77 bits per heavy atom. The molecule has 0 spiro atoms. The molecule has 0 saturated carbocycles. The van der Waals surface area contributed by atoms with Gasteiger partial charge < -0.3 is 9.47 Å². The maximum absolute atomic E-state index is 11.6. The number of amides is 1. The molecule has 2 aromatic rings. The number of ether oxygens (including phenoxy) is 2. The van der Waals surface area contributed by atoms with Crippen molar-refractivity contribution < 1.29 is 19.2 Å². The number of non-ortho nitro benzene ring substituents is 1. The first-order valence-corrected chi connectivity index (χ1v) is 6.39. The van der Waals surface area contributed by atoms with Crippen LogP contribution in [0.3, 0.4) is 0 Å². The zero-order valence-corrected chi connectivity index (χ0v) is 11.8. The number of hydrogen-bond acceptors (Lipinski definition) is 5. The van der Waals surface area contributed by atoms with Gasteiger partial charge in [0.1, 0.15) is 12.4 Å². The highest BCUT2D eigenvalue weighted by Crippen LogP contribution is 2.16. The second kappa shape index (κ2) is 7.07. The van der Waals surface area contributed by atoms with Crippen molar-refractivity contribution in [1.82, 2.24) is 0 Å². The lowest BCUT2D eigenvalue weighted by atomic mass is 10.2. The van der Waals surface area contributed by atoms with Gasteiger partial charge in [-0.2, -0.15) is 0 Å². The second-order valence-corrected chi connectivity index (χ2v) is 4.35. The second-order valence-electron chi connectivity index (χ2n) is 4.35. The van der Waals surface area contributed by atoms with E-state index in [4.69, 9.17) is 9.47 Å². The predicted molar refractivity (Wildman–Crippen MR) is 79.9 cm³/mol. The fourth-order valence-electron chi connectivity index (χ4n) is 1.69. The fraction of sp³-hybridized carbons (Fsp3) is 0.133. The highest BCUT2D eigenvalue weighted by molar-refractivity contribution is 5.84. The van der Waals surface area contributed by atoms with Crippen LogP contribution in [0.1, 0.15) is 5.56 Å². The molecule has 0 radical (unpaired) electrons. The van der Waals surface area contributed by atoms with E-state index in [1.165, 1.54) is 24.3 Å². The van der Waals surface area contributed by atoms with Gasteiger partial charge in [-0.05, 0) is 29.8 Å². The number of carbonyl (C=O) groups excluding carboxylic acids is 1. The number of nitro benzene ring substituents is 1. The van der Waals surface area contributed by atoms with Gasteiger partial charge in [0.2, 0.25) is 0 Å². The molecule has 22 heavy (non-hydrogen) atoms. The third-order valence-corrected chi connectivity index (χ3v) is 2.85. The van der Waals surface area contributed by atoms with E-state index < -0.39 is 11.0 Å². The monoisotopic (exact) mass is 302 g/mol. The molecule has 7 nitrogen and oxygen atoms in total. The Labute approximate surface area is 126 Å². The van der Waals surface area contributed by atoms with Crippen molar-refractivity contribution in [1.29, 1.82) is 0 Å². The van der Waals surface area contributed by atoms with Crippen LogP contribution in [0, 0.1) is 10.1 Å². The Hall–Kier alpha value is -3.09. The van der Waals surface area contributed by atoms with Crippen LogP contribution in [0.4, 0.5) is 16.2 Å². The molecule has 2 rings (SSSR count). The summed E-state index contributed by atoms with van der Waals surface area (Å²) >= 11 is 0. The third kappa shape index (κ3) is 4.20. The third-order valence-electron chi connectivity index (χ3n) is 2.85. The highest BCUT2D eigenvalue weighted by Gasteiger charge is 2.07. The summed E-state index contributed by atoms with van der Waals surface area (Å²) in [4.78, 5) is 21.7. The Morgan fingerprint density at radius 3 is 2.32 bits per heavy atom. The number of anilines is 1. The van der Waals surface area contributed by atoms with Gasteiger partial charge in [-0.25, -0.2) is 4.79 Å². The van der Waals surface area contributed by atoms with Crippen molar-refractivity contribution in [2.75, 3.05) is 12.4 Å². The largest absolute Gasteiger partial charge is 0.497 e. The van der Waals surface area contributed by atoms with E-state index in [2.05, 4.69) is 5.32 Å². The number of nitrogens with zero attached hydrogens (tertiary/aromatic N) is 1. The summed E-state index contributed by atoms with van der Waals surface area (Å²) < 4.78 is 10.1. The van der Waals surface area contributed by atoms with Gasteiger partial charge in [0, 0.05) is 17.8 Å². The summed E-state index contributed by atoms with van der Waals surface area (Å²) in [6, 6.07) is 12.6. The standard InChI is InChI=1S/C15H14N2O5/c1-21-14-8-2-11(3-9-14)10-22-15(18)16-12-4-6-13(7-5-12)17(19)20/h2-9H,10H2,1H3,(H,16,18). The smallest absolute Gasteiger partial charge is 0.411 e. The molecular formula is C15H14N2O5. The molecule has 2 aromatic carbocycles. The summed E-state index contributed by atoms with van der Waals surface area (Å²) in [5, 5.41) is 13.0. The molecule has 0 saturated heterocycles. The van der Waals surface area contributed by atoms with Gasteiger partial charge in [0.25, 0.3) is 5.69 Å². The molecule has 1 amide bonds. The number of methoxy groups -OCH3 is 1. The van der Waals surface area contributed by atoms with Crippen LogP contribution in [-0.2, 0) is 11.3 Å². The number of nitrogens with one attached hydrogen (secondary N) is 1. The predicted octanol–water partition coefficient (Wildman–Crippen LogP) is 3.35. The first kappa shape index (κ1) is 15.3. The quantitative estimate of drug-likeness (QED) is 0.675. The number of nitro groups is 1. The molecule has 0 heterocycles. The molecule has 0 aromatic heterocycles. The molecule has 0 bridgehead atoms. The summed E-state index contributed by atoms with van der Waals surface area (Å²) in [6.07, 6.45) is -0.635. The van der Waals surface area contributed by atoms with Gasteiger partial charge in [0.05, 0.1) is 12.0 Å². The van der Waals surface area contributed by atoms with Crippen molar-refractivity contribution in [3.05, 3.63) is 64.2 Å². The average Bonchev–Trinajstić information content (AvgIpc) is 2.54. The molecule has 0 aliphatic rings. The van der Waals surface area contributed by atoms with Gasteiger partial charge in [0.15, 0.2) is 0 Å². The van der Waals surface area contributed by atoms with Crippen molar-refractivity contribution in [3.8, 4) is 5.75 Å². The maximum atomic E-state index is 11.6. The van der Waals surface area contributed by atoms with Crippen LogP contribution >= 0.6 is 0 Å². The SMILES string of the molecule is COc1ccc(COC(=O)Nc2ccc([N+](=O)[O-])cc2)cc1. The van der Waals surface area contributed by atoms with Crippen molar-refractivity contribution >= 4 is 17.5 Å². The van der Waals surface area contributed by atoms with Crippen LogP contribution < -0.4 is 10.1 Å².